The highest BCUT2D eigenvalue weighted by Gasteiger charge is 2.93. The van der Waals surface area contributed by atoms with Gasteiger partial charge in [-0.25, -0.2) is 0 Å². The summed E-state index contributed by atoms with van der Waals surface area (Å²) in [6, 6.07) is -0.653. The third kappa shape index (κ3) is 1.78. The molecule has 6 fully saturated rings. The molecule has 6 rings (SSSR count). The molecule has 176 valence electrons. The maximum absolute atomic E-state index is 12.4. The highest BCUT2D eigenvalue weighted by molar-refractivity contribution is 5.43. The fourth-order valence-corrected chi connectivity index (χ4v) is 9.98. The van der Waals surface area contributed by atoms with Gasteiger partial charge in [-0.05, 0) is 19.4 Å². The normalized spacial score (nSPS) is 66.5. The van der Waals surface area contributed by atoms with Crippen molar-refractivity contribution < 1.29 is 40.1 Å². The molecule has 13 atom stereocenters. The summed E-state index contributed by atoms with van der Waals surface area (Å²) < 4.78 is 11.5. The SMILES string of the molecule is CCN1C[C@]2(O)[C@H](O)C[C@H](O)[C@@]34[C@@H]2C[C@@](O)([C@@H]13)[C@@]1(O)C[C@@H](OC)[C@H]2C[C@H]4[C@]1(O)[C@H]2OC. The molecule has 7 bridgehead atoms. The summed E-state index contributed by atoms with van der Waals surface area (Å²) in [5.74, 6) is -1.50. The predicted octanol–water partition coefficient (Wildman–Crippen LogP) is -2.17. The molecule has 0 radical (unpaired) electrons. The number of likely N-dealkylation sites (N-methyl/N-ethyl adjacent to an activating group) is 1. The molecule has 31 heavy (non-hydrogen) atoms. The summed E-state index contributed by atoms with van der Waals surface area (Å²) >= 11 is 0. The first-order valence-corrected chi connectivity index (χ1v) is 11.6. The third-order valence-corrected chi connectivity index (χ3v) is 10.9. The van der Waals surface area contributed by atoms with Gasteiger partial charge in [-0.15, -0.1) is 0 Å². The van der Waals surface area contributed by atoms with E-state index in [4.69, 9.17) is 9.47 Å². The second-order valence-electron chi connectivity index (χ2n) is 11.2. The van der Waals surface area contributed by atoms with E-state index in [1.807, 2.05) is 11.8 Å². The Kier molecular flexibility index (Phi) is 3.98. The Hall–Kier alpha value is -0.360. The van der Waals surface area contributed by atoms with Gasteiger partial charge in [0.25, 0.3) is 0 Å². The fraction of sp³-hybridized carbons (Fsp3) is 1.00. The van der Waals surface area contributed by atoms with Crippen molar-refractivity contribution in [3.63, 3.8) is 0 Å². The van der Waals surface area contributed by atoms with E-state index in [1.54, 1.807) is 7.11 Å². The zero-order chi connectivity index (χ0) is 22.4. The third-order valence-electron chi connectivity index (χ3n) is 10.9. The van der Waals surface area contributed by atoms with Gasteiger partial charge in [0.05, 0.1) is 30.5 Å². The topological polar surface area (TPSA) is 143 Å². The van der Waals surface area contributed by atoms with Crippen LogP contribution >= 0.6 is 0 Å². The maximum Gasteiger partial charge on any atom is 0.129 e. The van der Waals surface area contributed by atoms with Crippen LogP contribution in [0.2, 0.25) is 0 Å². The number of hydrogen-bond acceptors (Lipinski definition) is 9. The average Bonchev–Trinajstić information content (AvgIpc) is 3.11. The van der Waals surface area contributed by atoms with Gasteiger partial charge in [0, 0.05) is 56.8 Å². The first-order chi connectivity index (χ1) is 14.5. The Balaban J connectivity index is 1.67. The Bertz CT molecular complexity index is 814. The molecule has 1 saturated heterocycles. The lowest BCUT2D eigenvalue weighted by molar-refractivity contribution is -0.373. The van der Waals surface area contributed by atoms with Crippen LogP contribution < -0.4 is 0 Å². The molecule has 1 spiro atoms. The van der Waals surface area contributed by atoms with E-state index in [0.29, 0.717) is 13.0 Å². The van der Waals surface area contributed by atoms with Gasteiger partial charge >= 0.3 is 0 Å². The van der Waals surface area contributed by atoms with Gasteiger partial charge in [0.1, 0.15) is 22.4 Å². The Labute approximate surface area is 181 Å². The quantitative estimate of drug-likeness (QED) is 0.288. The molecular formula is C22H35NO8. The van der Waals surface area contributed by atoms with Gasteiger partial charge < -0.3 is 40.1 Å². The molecule has 9 nitrogen and oxygen atoms in total. The Morgan fingerprint density at radius 2 is 1.65 bits per heavy atom. The fourth-order valence-electron chi connectivity index (χ4n) is 9.98. The molecule has 6 aliphatic rings. The lowest BCUT2D eigenvalue weighted by Crippen LogP contribution is -2.88. The van der Waals surface area contributed by atoms with Crippen LogP contribution in [0.1, 0.15) is 32.6 Å². The van der Waals surface area contributed by atoms with Crippen LogP contribution in [0.5, 0.6) is 0 Å². The molecular weight excluding hydrogens is 406 g/mol. The lowest BCUT2D eigenvalue weighted by atomic mass is 9.43. The molecule has 5 aliphatic carbocycles. The molecule has 5 saturated carbocycles. The number of rotatable bonds is 3. The Morgan fingerprint density at radius 3 is 2.26 bits per heavy atom. The molecule has 0 aromatic carbocycles. The number of nitrogens with zero attached hydrogens (tertiary/aromatic N) is 1. The van der Waals surface area contributed by atoms with Crippen molar-refractivity contribution in [1.82, 2.24) is 4.90 Å². The molecule has 6 N–H and O–H groups in total. The van der Waals surface area contributed by atoms with Crippen LogP contribution in [-0.2, 0) is 9.47 Å². The van der Waals surface area contributed by atoms with E-state index in [0.717, 1.165) is 0 Å². The molecule has 0 aromatic rings. The number of methoxy groups -OCH3 is 2. The number of hydrogen-bond donors (Lipinski definition) is 6. The second-order valence-corrected chi connectivity index (χ2v) is 11.2. The highest BCUT2D eigenvalue weighted by Crippen LogP contribution is 2.79. The van der Waals surface area contributed by atoms with Gasteiger partial charge in [-0.2, -0.15) is 0 Å². The number of aliphatic hydroxyl groups is 6. The molecule has 0 aromatic heterocycles. The second kappa shape index (κ2) is 5.82. The first kappa shape index (κ1) is 21.2. The van der Waals surface area contributed by atoms with E-state index < -0.39 is 70.1 Å². The van der Waals surface area contributed by atoms with Crippen LogP contribution in [0, 0.1) is 23.2 Å². The first-order valence-electron chi connectivity index (χ1n) is 11.6. The van der Waals surface area contributed by atoms with Crippen LogP contribution in [0.3, 0.4) is 0 Å². The van der Waals surface area contributed by atoms with Crippen molar-refractivity contribution in [2.75, 3.05) is 27.3 Å². The van der Waals surface area contributed by atoms with E-state index in [9.17, 15) is 30.6 Å². The smallest absolute Gasteiger partial charge is 0.129 e. The minimum absolute atomic E-state index is 0.00830. The van der Waals surface area contributed by atoms with E-state index in [1.165, 1.54) is 7.11 Å². The van der Waals surface area contributed by atoms with E-state index in [-0.39, 0.29) is 31.7 Å². The predicted molar refractivity (Wildman–Crippen MR) is 106 cm³/mol. The summed E-state index contributed by atoms with van der Waals surface area (Å²) in [5.41, 5.74) is -8.18. The van der Waals surface area contributed by atoms with Crippen molar-refractivity contribution in [1.29, 1.82) is 0 Å². The average molecular weight is 442 g/mol. The maximum atomic E-state index is 12.4. The van der Waals surface area contributed by atoms with Crippen LogP contribution in [0.25, 0.3) is 0 Å². The van der Waals surface area contributed by atoms with E-state index >= 15 is 0 Å². The largest absolute Gasteiger partial charge is 0.392 e. The van der Waals surface area contributed by atoms with Gasteiger partial charge in [-0.3, -0.25) is 4.90 Å². The summed E-state index contributed by atoms with van der Waals surface area (Å²) in [6.07, 6.45) is -2.93. The standard InChI is InChI=1S/C22H35NO8/c1-4-23-9-18(26)13-8-19(27)17(23)21(13,15(25)6-14(18)24)12-5-10-11(30-2)7-20(19,28)22(12,29)16(10)31-3/h10-17,24-29H,4-9H2,1-3H3/t10-,11-,12-,13-,14-,15+,16+,17-,18-,19-,20+,21-,22+/m1/s1. The van der Waals surface area contributed by atoms with Crippen LogP contribution in [-0.4, -0.2) is 116 Å². The lowest BCUT2D eigenvalue weighted by Gasteiger charge is -2.71. The van der Waals surface area contributed by atoms with E-state index in [2.05, 4.69) is 0 Å². The summed E-state index contributed by atoms with van der Waals surface area (Å²) in [7, 11) is 3.06. The van der Waals surface area contributed by atoms with Gasteiger partial charge in [0.15, 0.2) is 0 Å². The highest BCUT2D eigenvalue weighted by atomic mass is 16.5. The van der Waals surface area contributed by atoms with Gasteiger partial charge in [-0.1, -0.05) is 6.92 Å². The number of ether oxygens (including phenoxy) is 2. The van der Waals surface area contributed by atoms with Crippen molar-refractivity contribution in [3.8, 4) is 0 Å². The number of likely N-dealkylation sites (tertiary alicyclic amines) is 1. The zero-order valence-corrected chi connectivity index (χ0v) is 18.3. The number of aliphatic hydroxyl groups excluding tert-OH is 2. The molecule has 1 aliphatic heterocycles. The summed E-state index contributed by atoms with van der Waals surface area (Å²) in [5, 5.41) is 71.2. The van der Waals surface area contributed by atoms with Gasteiger partial charge in [0.2, 0.25) is 0 Å². The molecule has 0 amide bonds. The minimum Gasteiger partial charge on any atom is -0.392 e. The zero-order valence-electron chi connectivity index (χ0n) is 18.3. The van der Waals surface area contributed by atoms with Crippen molar-refractivity contribution in [2.45, 2.75) is 85.5 Å². The number of fused-ring (bicyclic) bond motifs is 2. The van der Waals surface area contributed by atoms with Crippen LogP contribution in [0.15, 0.2) is 0 Å². The minimum atomic E-state index is -1.95. The molecule has 1 heterocycles. The molecule has 9 heteroatoms. The number of β-amino-alcohol motifs (C(OH)–C–C–N with tert-alkyl or cyclic N) is 1. The monoisotopic (exact) mass is 441 g/mol. The Morgan fingerprint density at radius 1 is 0.935 bits per heavy atom. The van der Waals surface area contributed by atoms with Crippen molar-refractivity contribution in [3.05, 3.63) is 0 Å². The van der Waals surface area contributed by atoms with Crippen molar-refractivity contribution >= 4 is 0 Å². The summed E-state index contributed by atoms with van der Waals surface area (Å²) in [6.45, 7) is 2.53. The number of piperidine rings is 1. The van der Waals surface area contributed by atoms with Crippen molar-refractivity contribution in [2.24, 2.45) is 23.2 Å². The summed E-state index contributed by atoms with van der Waals surface area (Å²) in [4.78, 5) is 1.90. The van der Waals surface area contributed by atoms with Crippen LogP contribution in [0.4, 0.5) is 0 Å². The molecule has 0 unspecified atom stereocenters.